The smallest absolute Gasteiger partial charge is 0.254 e. The van der Waals surface area contributed by atoms with Gasteiger partial charge in [0.25, 0.3) is 5.91 Å². The fraction of sp³-hybridized carbons (Fsp3) is 0.385. The van der Waals surface area contributed by atoms with Crippen LogP contribution in [0.15, 0.2) is 53.1 Å². The van der Waals surface area contributed by atoms with Gasteiger partial charge in [0.15, 0.2) is 0 Å². The number of likely N-dealkylation sites (N-methyl/N-ethyl adjacent to an activating group) is 1. The van der Waals surface area contributed by atoms with Crippen LogP contribution in [0.2, 0.25) is 0 Å². The van der Waals surface area contributed by atoms with Crippen LogP contribution >= 0.6 is 0 Å². The van der Waals surface area contributed by atoms with E-state index in [1.54, 1.807) is 23.1 Å². The van der Waals surface area contributed by atoms with E-state index in [1.165, 1.54) is 30.3 Å². The molecule has 3 aromatic rings. The van der Waals surface area contributed by atoms with Gasteiger partial charge >= 0.3 is 0 Å². The number of carbonyl (C=O) groups is 1. The fourth-order valence-corrected chi connectivity index (χ4v) is 4.14. The van der Waals surface area contributed by atoms with Crippen molar-refractivity contribution in [1.82, 2.24) is 15.0 Å². The van der Waals surface area contributed by atoms with Crippen LogP contribution in [-0.4, -0.2) is 60.1 Å². The van der Waals surface area contributed by atoms with Crippen LogP contribution in [0.5, 0.6) is 0 Å². The van der Waals surface area contributed by atoms with Gasteiger partial charge in [0.1, 0.15) is 17.3 Å². The molecule has 34 heavy (non-hydrogen) atoms. The van der Waals surface area contributed by atoms with E-state index in [1.807, 2.05) is 13.8 Å². The second kappa shape index (κ2) is 10.3. The van der Waals surface area contributed by atoms with Crippen LogP contribution in [0.1, 0.15) is 36.2 Å². The van der Waals surface area contributed by atoms with Gasteiger partial charge in [-0.15, -0.1) is 0 Å². The third kappa shape index (κ3) is 5.12. The number of hydrogen-bond acceptors (Lipinski definition) is 5. The lowest BCUT2D eigenvalue weighted by Crippen LogP contribution is -2.45. The maximum Gasteiger partial charge on any atom is 0.254 e. The first kappa shape index (κ1) is 23.9. The zero-order valence-corrected chi connectivity index (χ0v) is 19.8. The number of nitrogens with zero attached hydrogens (tertiary/aromatic N) is 4. The van der Waals surface area contributed by atoms with E-state index in [-0.39, 0.29) is 24.3 Å². The summed E-state index contributed by atoms with van der Waals surface area (Å²) in [5.74, 6) is -0.433. The summed E-state index contributed by atoms with van der Waals surface area (Å²) in [5.41, 5.74) is 2.35. The first-order valence-electron chi connectivity index (χ1n) is 11.6. The molecule has 1 saturated heterocycles. The molecule has 1 aliphatic heterocycles. The highest BCUT2D eigenvalue weighted by Gasteiger charge is 2.30. The summed E-state index contributed by atoms with van der Waals surface area (Å²) in [6, 6.07) is 11.7. The van der Waals surface area contributed by atoms with E-state index in [0.717, 1.165) is 38.2 Å². The fourth-order valence-electron chi connectivity index (χ4n) is 4.14. The Labute approximate surface area is 198 Å². The highest BCUT2D eigenvalue weighted by molar-refractivity contribution is 5.94. The molecule has 0 aliphatic carbocycles. The normalized spacial score (nSPS) is 15.4. The Balaban J connectivity index is 1.75. The summed E-state index contributed by atoms with van der Waals surface area (Å²) < 4.78 is 33.3. The number of hydrogen-bond donors (Lipinski definition) is 0. The highest BCUT2D eigenvalue weighted by Crippen LogP contribution is 2.34. The largest absolute Gasteiger partial charge is 0.338 e. The van der Waals surface area contributed by atoms with Crippen LogP contribution in [-0.2, 0) is 6.54 Å². The molecule has 1 amide bonds. The molecule has 8 heteroatoms. The molecule has 0 N–H and O–H groups in total. The molecule has 180 valence electrons. The van der Waals surface area contributed by atoms with Gasteiger partial charge in [-0.3, -0.25) is 4.79 Å². The van der Waals surface area contributed by atoms with Gasteiger partial charge in [0.05, 0.1) is 12.1 Å². The molecule has 1 aromatic heterocycles. The Hall–Kier alpha value is -3.26. The van der Waals surface area contributed by atoms with Crippen molar-refractivity contribution < 1.29 is 18.1 Å². The summed E-state index contributed by atoms with van der Waals surface area (Å²) >= 11 is 0. The third-order valence-corrected chi connectivity index (χ3v) is 6.46. The second-order valence-corrected chi connectivity index (χ2v) is 8.81. The van der Waals surface area contributed by atoms with Crippen molar-refractivity contribution in [1.29, 1.82) is 0 Å². The minimum absolute atomic E-state index is 0.105. The van der Waals surface area contributed by atoms with Crippen molar-refractivity contribution in [3.63, 3.8) is 0 Å². The predicted octanol–water partition coefficient (Wildman–Crippen LogP) is 4.81. The van der Waals surface area contributed by atoms with E-state index >= 15 is 0 Å². The molecule has 1 atom stereocenters. The summed E-state index contributed by atoms with van der Waals surface area (Å²) in [6.45, 7) is 7.50. The summed E-state index contributed by atoms with van der Waals surface area (Å²) in [5, 5.41) is 4.34. The highest BCUT2D eigenvalue weighted by atomic mass is 19.1. The summed E-state index contributed by atoms with van der Waals surface area (Å²) in [4.78, 5) is 19.6. The van der Waals surface area contributed by atoms with Crippen LogP contribution < -0.4 is 4.90 Å². The van der Waals surface area contributed by atoms with E-state index in [0.29, 0.717) is 22.7 Å². The number of piperazine rings is 1. The molecule has 0 radical (unpaired) electrons. The molecule has 0 unspecified atom stereocenters. The van der Waals surface area contributed by atoms with Crippen LogP contribution in [0, 0.1) is 11.6 Å². The number of rotatable bonds is 7. The molecular weight excluding hydrogens is 438 g/mol. The van der Waals surface area contributed by atoms with Crippen molar-refractivity contribution in [2.24, 2.45) is 0 Å². The van der Waals surface area contributed by atoms with Gasteiger partial charge in [-0.2, -0.15) is 0 Å². The first-order chi connectivity index (χ1) is 16.4. The van der Waals surface area contributed by atoms with Crippen molar-refractivity contribution in [2.45, 2.75) is 32.9 Å². The van der Waals surface area contributed by atoms with Crippen LogP contribution in [0.25, 0.3) is 11.3 Å². The quantitative estimate of drug-likeness (QED) is 0.498. The molecule has 1 aliphatic rings. The lowest BCUT2D eigenvalue weighted by molar-refractivity contribution is 0.0671. The maximum absolute atomic E-state index is 13.9. The van der Waals surface area contributed by atoms with Gasteiger partial charge in [-0.1, -0.05) is 18.1 Å². The zero-order valence-electron chi connectivity index (χ0n) is 19.8. The Kier molecular flexibility index (Phi) is 7.26. The second-order valence-electron chi connectivity index (χ2n) is 8.81. The number of halogens is 2. The monoisotopic (exact) mass is 468 g/mol. The molecule has 0 saturated carbocycles. The number of aromatic nitrogens is 1. The van der Waals surface area contributed by atoms with Crippen molar-refractivity contribution in [2.75, 3.05) is 38.1 Å². The van der Waals surface area contributed by atoms with Crippen molar-refractivity contribution in [3.8, 4) is 11.3 Å². The SMILES string of the molecule is CC[C@H](C)N(Cc1c(-c2ccc(F)cc2)noc1N1CCN(C)CC1)C(=O)c1cccc(F)c1. The Morgan fingerprint density at radius 3 is 2.44 bits per heavy atom. The topological polar surface area (TPSA) is 52.8 Å². The molecule has 4 rings (SSSR count). The number of amides is 1. The number of anilines is 1. The third-order valence-electron chi connectivity index (χ3n) is 6.46. The number of benzene rings is 2. The van der Waals surface area contributed by atoms with Gasteiger partial charge in [-0.25, -0.2) is 8.78 Å². The summed E-state index contributed by atoms with van der Waals surface area (Å²) in [7, 11) is 2.07. The zero-order chi connectivity index (χ0) is 24.2. The minimum Gasteiger partial charge on any atom is -0.338 e. The first-order valence-corrected chi connectivity index (χ1v) is 11.6. The van der Waals surface area contributed by atoms with Crippen molar-refractivity contribution in [3.05, 3.63) is 71.3 Å². The standard InChI is InChI=1S/C26H30F2N4O2/c1-4-18(2)32(25(33)20-6-5-7-22(28)16-20)17-23-24(19-8-10-21(27)11-9-19)29-34-26(23)31-14-12-30(3)13-15-31/h5-11,16,18H,4,12-15,17H2,1-3H3/t18-/m0/s1. The average molecular weight is 469 g/mol. The maximum atomic E-state index is 13.9. The molecule has 1 fully saturated rings. The van der Waals surface area contributed by atoms with Gasteiger partial charge in [0, 0.05) is 43.3 Å². The van der Waals surface area contributed by atoms with Crippen molar-refractivity contribution >= 4 is 11.8 Å². The molecular formula is C26H30F2N4O2. The molecule has 0 spiro atoms. The minimum atomic E-state index is -0.454. The molecule has 0 bridgehead atoms. The Morgan fingerprint density at radius 1 is 1.09 bits per heavy atom. The lowest BCUT2D eigenvalue weighted by atomic mass is 10.0. The lowest BCUT2D eigenvalue weighted by Gasteiger charge is -2.33. The Morgan fingerprint density at radius 2 is 1.79 bits per heavy atom. The van der Waals surface area contributed by atoms with Gasteiger partial charge in [-0.05, 0) is 62.9 Å². The number of carbonyl (C=O) groups excluding carboxylic acids is 1. The van der Waals surface area contributed by atoms with Gasteiger partial charge in [0.2, 0.25) is 5.88 Å². The Bertz CT molecular complexity index is 1120. The van der Waals surface area contributed by atoms with E-state index in [4.69, 9.17) is 4.52 Å². The molecule has 6 nitrogen and oxygen atoms in total. The van der Waals surface area contributed by atoms with Crippen LogP contribution in [0.4, 0.5) is 14.7 Å². The molecule has 2 heterocycles. The van der Waals surface area contributed by atoms with Gasteiger partial charge < -0.3 is 19.2 Å². The van der Waals surface area contributed by atoms with E-state index in [2.05, 4.69) is 22.0 Å². The summed E-state index contributed by atoms with van der Waals surface area (Å²) in [6.07, 6.45) is 0.724. The molecule has 2 aromatic carbocycles. The average Bonchev–Trinajstić information content (AvgIpc) is 3.26. The van der Waals surface area contributed by atoms with E-state index in [9.17, 15) is 13.6 Å². The predicted molar refractivity (Wildman–Crippen MR) is 128 cm³/mol. The van der Waals surface area contributed by atoms with E-state index < -0.39 is 5.82 Å². The van der Waals surface area contributed by atoms with Crippen LogP contribution in [0.3, 0.4) is 0 Å².